The third-order valence-corrected chi connectivity index (χ3v) is 3.12. The van der Waals surface area contributed by atoms with Crippen molar-refractivity contribution in [1.82, 2.24) is 0 Å². The zero-order valence-corrected chi connectivity index (χ0v) is 9.97. The summed E-state index contributed by atoms with van der Waals surface area (Å²) in [4.78, 5) is 0. The molecule has 0 bridgehead atoms. The third kappa shape index (κ3) is 1.46. The summed E-state index contributed by atoms with van der Waals surface area (Å²) in [7, 11) is 1.62. The maximum atomic E-state index is 5.81. The Morgan fingerprint density at radius 3 is 3.06 bits per heavy atom. The van der Waals surface area contributed by atoms with Crippen LogP contribution in [0.25, 0.3) is 0 Å². The van der Waals surface area contributed by atoms with Gasteiger partial charge in [0.25, 0.3) is 0 Å². The van der Waals surface area contributed by atoms with Crippen LogP contribution in [0.2, 0.25) is 0 Å². The first kappa shape index (κ1) is 10.8. The molecule has 1 aliphatic rings. The van der Waals surface area contributed by atoms with Crippen LogP contribution < -0.4 is 9.47 Å². The molecule has 1 atom stereocenters. The highest BCUT2D eigenvalue weighted by Gasteiger charge is 2.27. The molecule has 0 spiro atoms. The van der Waals surface area contributed by atoms with Crippen LogP contribution in [-0.2, 0) is 6.61 Å². The molecule has 1 aromatic carbocycles. The molecular formula is C15H12O3. The monoisotopic (exact) mass is 240 g/mol. The molecule has 0 saturated heterocycles. The van der Waals surface area contributed by atoms with Crippen molar-refractivity contribution in [3.05, 3.63) is 47.4 Å². The van der Waals surface area contributed by atoms with Crippen molar-refractivity contribution in [3.63, 3.8) is 0 Å². The molecule has 2 aromatic rings. The van der Waals surface area contributed by atoms with Crippen LogP contribution >= 0.6 is 0 Å². The van der Waals surface area contributed by atoms with E-state index in [9.17, 15) is 0 Å². The van der Waals surface area contributed by atoms with E-state index < -0.39 is 0 Å². The molecule has 3 heteroatoms. The van der Waals surface area contributed by atoms with E-state index in [1.165, 1.54) is 0 Å². The van der Waals surface area contributed by atoms with Crippen LogP contribution in [0, 0.1) is 12.3 Å². The van der Waals surface area contributed by atoms with Gasteiger partial charge in [0.15, 0.2) is 11.5 Å². The van der Waals surface area contributed by atoms with Gasteiger partial charge < -0.3 is 13.9 Å². The van der Waals surface area contributed by atoms with Crippen molar-refractivity contribution in [1.29, 1.82) is 0 Å². The quantitative estimate of drug-likeness (QED) is 0.718. The Kier molecular flexibility index (Phi) is 2.49. The van der Waals surface area contributed by atoms with E-state index in [0.29, 0.717) is 18.1 Å². The third-order valence-electron chi connectivity index (χ3n) is 3.12. The van der Waals surface area contributed by atoms with Gasteiger partial charge in [0.05, 0.1) is 13.4 Å². The summed E-state index contributed by atoms with van der Waals surface area (Å²) in [6.07, 6.45) is 7.29. The average Bonchev–Trinajstić information content (AvgIpc) is 2.80. The molecule has 0 fully saturated rings. The Morgan fingerprint density at radius 1 is 1.39 bits per heavy atom. The summed E-state index contributed by atoms with van der Waals surface area (Å²) in [5, 5.41) is 0. The predicted octanol–water partition coefficient (Wildman–Crippen LogP) is 2.95. The molecule has 0 saturated carbocycles. The summed E-state index contributed by atoms with van der Waals surface area (Å²) in [5.41, 5.74) is 1.89. The van der Waals surface area contributed by atoms with Crippen molar-refractivity contribution in [3.8, 4) is 23.8 Å². The normalized spacial score (nSPS) is 16.8. The van der Waals surface area contributed by atoms with Crippen molar-refractivity contribution < 1.29 is 13.9 Å². The minimum Gasteiger partial charge on any atom is -0.493 e. The van der Waals surface area contributed by atoms with Crippen LogP contribution in [0.1, 0.15) is 22.8 Å². The van der Waals surface area contributed by atoms with E-state index in [4.69, 9.17) is 20.3 Å². The van der Waals surface area contributed by atoms with Crippen molar-refractivity contribution >= 4 is 0 Å². The molecule has 2 heterocycles. The minimum atomic E-state index is -0.234. The largest absolute Gasteiger partial charge is 0.493 e. The van der Waals surface area contributed by atoms with Gasteiger partial charge in [-0.1, -0.05) is 18.1 Å². The van der Waals surface area contributed by atoms with Gasteiger partial charge in [-0.3, -0.25) is 0 Å². The van der Waals surface area contributed by atoms with Crippen LogP contribution in [0.15, 0.2) is 34.9 Å². The van der Waals surface area contributed by atoms with E-state index in [-0.39, 0.29) is 5.92 Å². The van der Waals surface area contributed by atoms with Gasteiger partial charge in [0.2, 0.25) is 0 Å². The zero-order valence-electron chi connectivity index (χ0n) is 9.97. The van der Waals surface area contributed by atoms with Crippen molar-refractivity contribution in [2.45, 2.75) is 12.5 Å². The average molecular weight is 240 g/mol. The zero-order chi connectivity index (χ0) is 12.5. The van der Waals surface area contributed by atoms with E-state index in [0.717, 1.165) is 16.9 Å². The second kappa shape index (κ2) is 4.15. The lowest BCUT2D eigenvalue weighted by atomic mass is 9.95. The molecule has 0 aliphatic carbocycles. The molecule has 1 unspecified atom stereocenters. The number of hydrogen-bond donors (Lipinski definition) is 0. The molecule has 90 valence electrons. The molecule has 1 aliphatic heterocycles. The van der Waals surface area contributed by atoms with Gasteiger partial charge in [-0.25, -0.2) is 0 Å². The van der Waals surface area contributed by atoms with Crippen molar-refractivity contribution in [2.24, 2.45) is 0 Å². The first-order chi connectivity index (χ1) is 8.85. The van der Waals surface area contributed by atoms with E-state index >= 15 is 0 Å². The van der Waals surface area contributed by atoms with Gasteiger partial charge in [0.1, 0.15) is 18.3 Å². The Balaban J connectivity index is 2.22. The lowest BCUT2D eigenvalue weighted by Gasteiger charge is -2.13. The fourth-order valence-corrected chi connectivity index (χ4v) is 2.25. The smallest absolute Gasteiger partial charge is 0.166 e. The fraction of sp³-hybridized carbons (Fsp3) is 0.200. The number of furan rings is 1. The molecule has 3 nitrogen and oxygen atoms in total. The minimum absolute atomic E-state index is 0.234. The van der Waals surface area contributed by atoms with Crippen LogP contribution in [-0.4, -0.2) is 7.11 Å². The second-order valence-corrected chi connectivity index (χ2v) is 4.08. The lowest BCUT2D eigenvalue weighted by Crippen LogP contribution is -1.99. The Hall–Kier alpha value is -2.34. The first-order valence-corrected chi connectivity index (χ1v) is 5.67. The predicted molar refractivity (Wildman–Crippen MR) is 66.7 cm³/mol. The number of methoxy groups -OCH3 is 1. The summed E-state index contributed by atoms with van der Waals surface area (Å²) in [6, 6.07) is 7.59. The van der Waals surface area contributed by atoms with E-state index in [2.05, 4.69) is 5.92 Å². The van der Waals surface area contributed by atoms with Gasteiger partial charge in [-0.05, 0) is 12.1 Å². The van der Waals surface area contributed by atoms with Gasteiger partial charge in [-0.2, -0.15) is 0 Å². The molecule has 0 amide bonds. The van der Waals surface area contributed by atoms with Crippen LogP contribution in [0.5, 0.6) is 11.5 Å². The number of benzene rings is 1. The first-order valence-electron chi connectivity index (χ1n) is 5.67. The highest BCUT2D eigenvalue weighted by atomic mass is 16.5. The summed E-state index contributed by atoms with van der Waals surface area (Å²) < 4.78 is 16.6. The molecule has 1 aromatic heterocycles. The summed E-state index contributed by atoms with van der Waals surface area (Å²) in [6.45, 7) is 0.442. The maximum absolute atomic E-state index is 5.81. The van der Waals surface area contributed by atoms with Gasteiger partial charge >= 0.3 is 0 Å². The van der Waals surface area contributed by atoms with Gasteiger partial charge in [-0.15, -0.1) is 6.42 Å². The molecule has 18 heavy (non-hydrogen) atoms. The molecular weight excluding hydrogens is 228 g/mol. The molecule has 0 radical (unpaired) electrons. The Labute approximate surface area is 105 Å². The topological polar surface area (TPSA) is 31.6 Å². The highest BCUT2D eigenvalue weighted by Crippen LogP contribution is 2.42. The van der Waals surface area contributed by atoms with Crippen molar-refractivity contribution in [2.75, 3.05) is 7.11 Å². The van der Waals surface area contributed by atoms with E-state index in [1.807, 2.05) is 24.3 Å². The number of rotatable bonds is 1. The lowest BCUT2D eigenvalue weighted by molar-refractivity contribution is 0.284. The molecule has 0 N–H and O–H groups in total. The maximum Gasteiger partial charge on any atom is 0.166 e. The Bertz CT molecular complexity index is 619. The Morgan fingerprint density at radius 2 is 2.28 bits per heavy atom. The van der Waals surface area contributed by atoms with Crippen LogP contribution in [0.3, 0.4) is 0 Å². The summed E-state index contributed by atoms with van der Waals surface area (Å²) in [5.74, 6) is 4.71. The molecule has 3 rings (SSSR count). The van der Waals surface area contributed by atoms with Gasteiger partial charge in [0, 0.05) is 11.1 Å². The fourth-order valence-electron chi connectivity index (χ4n) is 2.25. The SMILES string of the molecule is C#CC1c2cccc(OC)c2OCc2ccoc21. The standard InChI is InChI=1S/C15H12O3/c1-3-11-12-5-4-6-13(16-2)15(12)18-9-10-7-8-17-14(10)11/h1,4-8,11H,9H2,2H3. The van der Waals surface area contributed by atoms with E-state index in [1.54, 1.807) is 13.4 Å². The van der Waals surface area contributed by atoms with Crippen LogP contribution in [0.4, 0.5) is 0 Å². The number of para-hydroxylation sites is 1. The number of terminal acetylenes is 1. The number of hydrogen-bond acceptors (Lipinski definition) is 3. The second-order valence-electron chi connectivity index (χ2n) is 4.08. The highest BCUT2D eigenvalue weighted by molar-refractivity contribution is 5.54. The summed E-state index contributed by atoms with van der Waals surface area (Å²) >= 11 is 0. The number of ether oxygens (including phenoxy) is 2. The number of fused-ring (bicyclic) bond motifs is 2.